The van der Waals surface area contributed by atoms with Crippen LogP contribution in [0, 0.1) is 11.8 Å². The number of halogens is 1. The zero-order valence-corrected chi connectivity index (χ0v) is 12.4. The molecule has 0 aromatic heterocycles. The molecule has 2 atom stereocenters. The summed E-state index contributed by atoms with van der Waals surface area (Å²) in [6.45, 7) is 0.978. The lowest BCUT2D eigenvalue weighted by Crippen LogP contribution is -2.25. The number of hydrogen-bond acceptors (Lipinski definition) is 1. The van der Waals surface area contributed by atoms with E-state index in [4.69, 9.17) is 4.74 Å². The Labute approximate surface area is 118 Å². The monoisotopic (exact) mass is 308 g/mol. The zero-order chi connectivity index (χ0) is 12.4. The summed E-state index contributed by atoms with van der Waals surface area (Å²) in [5, 5.41) is 0. The van der Waals surface area contributed by atoms with Crippen LogP contribution in [-0.2, 0) is 4.74 Å². The van der Waals surface area contributed by atoms with E-state index >= 15 is 0 Å². The molecule has 0 spiro atoms. The first-order chi connectivity index (χ1) is 8.83. The van der Waals surface area contributed by atoms with E-state index in [0.717, 1.165) is 22.9 Å². The molecule has 0 N–H and O–H groups in total. The summed E-state index contributed by atoms with van der Waals surface area (Å²) < 4.78 is 7.26. The van der Waals surface area contributed by atoms with Gasteiger partial charge in [0.1, 0.15) is 0 Å². The van der Waals surface area contributed by atoms with E-state index in [2.05, 4.69) is 40.2 Å². The highest BCUT2D eigenvalue weighted by Crippen LogP contribution is 2.39. The highest BCUT2D eigenvalue weighted by Gasteiger charge is 2.30. The maximum Gasteiger partial charge on any atom is 0.0825 e. The fraction of sp³-hybridized carbons (Fsp3) is 0.625. The standard InChI is InChI=1S/C16H21BrO/c17-15-8-5-13(6-9-15)16-10-7-14(11-18-16)12-3-1-2-4-12/h5-6,8-9,12,14,16H,1-4,7,10-11H2. The second-order valence-electron chi connectivity index (χ2n) is 5.76. The summed E-state index contributed by atoms with van der Waals surface area (Å²) in [4.78, 5) is 0. The Balaban J connectivity index is 1.57. The molecule has 1 aliphatic heterocycles. The van der Waals surface area contributed by atoms with Crippen molar-refractivity contribution in [2.45, 2.75) is 44.6 Å². The van der Waals surface area contributed by atoms with Crippen molar-refractivity contribution in [3.05, 3.63) is 34.3 Å². The Bertz CT molecular complexity index is 373. The van der Waals surface area contributed by atoms with E-state index in [9.17, 15) is 0 Å². The highest BCUT2D eigenvalue weighted by atomic mass is 79.9. The van der Waals surface area contributed by atoms with Crippen LogP contribution >= 0.6 is 15.9 Å². The van der Waals surface area contributed by atoms with Crippen LogP contribution in [0.5, 0.6) is 0 Å². The highest BCUT2D eigenvalue weighted by molar-refractivity contribution is 9.10. The molecule has 0 bridgehead atoms. The van der Waals surface area contributed by atoms with Crippen LogP contribution < -0.4 is 0 Å². The maximum atomic E-state index is 6.11. The van der Waals surface area contributed by atoms with Crippen molar-refractivity contribution in [1.82, 2.24) is 0 Å². The minimum absolute atomic E-state index is 0.329. The molecule has 1 aliphatic carbocycles. The fourth-order valence-electron chi connectivity index (χ4n) is 3.51. The molecule has 18 heavy (non-hydrogen) atoms. The normalized spacial score (nSPS) is 29.6. The van der Waals surface area contributed by atoms with Gasteiger partial charge in [-0.1, -0.05) is 53.7 Å². The lowest BCUT2D eigenvalue weighted by Gasteiger charge is -2.32. The Hall–Kier alpha value is -0.340. The molecule has 1 saturated heterocycles. The quantitative estimate of drug-likeness (QED) is 0.738. The summed E-state index contributed by atoms with van der Waals surface area (Å²) in [5.41, 5.74) is 1.34. The summed E-state index contributed by atoms with van der Waals surface area (Å²) in [6, 6.07) is 8.60. The maximum absolute atomic E-state index is 6.11. The van der Waals surface area contributed by atoms with Gasteiger partial charge in [0, 0.05) is 4.47 Å². The van der Waals surface area contributed by atoms with Gasteiger partial charge in [-0.2, -0.15) is 0 Å². The predicted octanol–water partition coefficient (Wildman–Crippen LogP) is 5.11. The van der Waals surface area contributed by atoms with Gasteiger partial charge in [-0.3, -0.25) is 0 Å². The lowest BCUT2D eigenvalue weighted by molar-refractivity contribution is -0.0329. The zero-order valence-electron chi connectivity index (χ0n) is 10.8. The third kappa shape index (κ3) is 2.80. The van der Waals surface area contributed by atoms with Gasteiger partial charge in [0.25, 0.3) is 0 Å². The smallest absolute Gasteiger partial charge is 0.0825 e. The average molecular weight is 309 g/mol. The van der Waals surface area contributed by atoms with Crippen LogP contribution in [0.25, 0.3) is 0 Å². The van der Waals surface area contributed by atoms with Crippen LogP contribution in [0.3, 0.4) is 0 Å². The molecule has 98 valence electrons. The Morgan fingerprint density at radius 3 is 2.22 bits per heavy atom. The van der Waals surface area contributed by atoms with Crippen molar-refractivity contribution in [2.24, 2.45) is 11.8 Å². The number of benzene rings is 1. The van der Waals surface area contributed by atoms with Crippen LogP contribution in [0.15, 0.2) is 28.7 Å². The van der Waals surface area contributed by atoms with Crippen molar-refractivity contribution in [2.75, 3.05) is 6.61 Å². The second-order valence-corrected chi connectivity index (χ2v) is 6.67. The van der Waals surface area contributed by atoms with Crippen LogP contribution in [0.1, 0.15) is 50.2 Å². The molecule has 1 nitrogen and oxygen atoms in total. The van der Waals surface area contributed by atoms with Gasteiger partial charge in [0.05, 0.1) is 12.7 Å². The molecule has 1 saturated carbocycles. The van der Waals surface area contributed by atoms with Crippen molar-refractivity contribution in [3.8, 4) is 0 Å². The Kier molecular flexibility index (Phi) is 4.05. The fourth-order valence-corrected chi connectivity index (χ4v) is 3.78. The Morgan fingerprint density at radius 2 is 1.61 bits per heavy atom. The van der Waals surface area contributed by atoms with E-state index in [1.165, 1.54) is 44.1 Å². The van der Waals surface area contributed by atoms with Gasteiger partial charge in [0.2, 0.25) is 0 Å². The molecule has 0 amide bonds. The van der Waals surface area contributed by atoms with E-state index in [1.807, 2.05) is 0 Å². The molecule has 1 aromatic rings. The largest absolute Gasteiger partial charge is 0.373 e. The van der Waals surface area contributed by atoms with Gasteiger partial charge in [-0.25, -0.2) is 0 Å². The SMILES string of the molecule is Brc1ccc(C2CCC(C3CCCC3)CO2)cc1. The first kappa shape index (κ1) is 12.7. The van der Waals surface area contributed by atoms with Crippen LogP contribution in [0.2, 0.25) is 0 Å². The summed E-state index contributed by atoms with van der Waals surface area (Å²) in [6.07, 6.45) is 8.65. The Morgan fingerprint density at radius 1 is 0.889 bits per heavy atom. The molecule has 2 fully saturated rings. The summed E-state index contributed by atoms with van der Waals surface area (Å²) in [5.74, 6) is 1.79. The van der Waals surface area contributed by atoms with Gasteiger partial charge >= 0.3 is 0 Å². The van der Waals surface area contributed by atoms with E-state index in [0.29, 0.717) is 6.10 Å². The van der Waals surface area contributed by atoms with Gasteiger partial charge < -0.3 is 4.74 Å². The van der Waals surface area contributed by atoms with Crippen LogP contribution in [-0.4, -0.2) is 6.61 Å². The molecule has 3 rings (SSSR count). The number of hydrogen-bond donors (Lipinski definition) is 0. The topological polar surface area (TPSA) is 9.23 Å². The van der Waals surface area contributed by atoms with E-state index in [-0.39, 0.29) is 0 Å². The summed E-state index contributed by atoms with van der Waals surface area (Å²) in [7, 11) is 0. The van der Waals surface area contributed by atoms with E-state index in [1.54, 1.807) is 0 Å². The van der Waals surface area contributed by atoms with Gasteiger partial charge in [-0.15, -0.1) is 0 Å². The molecule has 2 aliphatic rings. The second kappa shape index (κ2) is 5.75. The molecule has 2 heteroatoms. The molecule has 1 aromatic carbocycles. The molecule has 0 radical (unpaired) electrons. The van der Waals surface area contributed by atoms with Crippen molar-refractivity contribution in [3.63, 3.8) is 0 Å². The first-order valence-electron chi connectivity index (χ1n) is 7.20. The van der Waals surface area contributed by atoms with Crippen molar-refractivity contribution < 1.29 is 4.74 Å². The molecule has 1 heterocycles. The lowest BCUT2D eigenvalue weighted by atomic mass is 9.84. The minimum atomic E-state index is 0.329. The predicted molar refractivity (Wildman–Crippen MR) is 77.5 cm³/mol. The molecule has 2 unspecified atom stereocenters. The van der Waals surface area contributed by atoms with Crippen LogP contribution in [0.4, 0.5) is 0 Å². The average Bonchev–Trinajstić information content (AvgIpc) is 2.94. The van der Waals surface area contributed by atoms with Crippen molar-refractivity contribution in [1.29, 1.82) is 0 Å². The third-order valence-corrected chi connectivity index (χ3v) is 5.15. The molecular formula is C16H21BrO. The van der Waals surface area contributed by atoms with Gasteiger partial charge in [-0.05, 0) is 42.4 Å². The number of rotatable bonds is 2. The van der Waals surface area contributed by atoms with Gasteiger partial charge in [0.15, 0.2) is 0 Å². The number of ether oxygens (including phenoxy) is 1. The van der Waals surface area contributed by atoms with E-state index < -0.39 is 0 Å². The minimum Gasteiger partial charge on any atom is -0.373 e. The molecular weight excluding hydrogens is 288 g/mol. The van der Waals surface area contributed by atoms with Crippen molar-refractivity contribution >= 4 is 15.9 Å². The third-order valence-electron chi connectivity index (χ3n) is 4.62. The first-order valence-corrected chi connectivity index (χ1v) is 7.99. The summed E-state index contributed by atoms with van der Waals surface area (Å²) >= 11 is 3.48.